The number of benzene rings is 2. The number of carbonyl (C=O) groups is 1. The van der Waals surface area contributed by atoms with Gasteiger partial charge in [0.1, 0.15) is 12.4 Å². The van der Waals surface area contributed by atoms with Gasteiger partial charge in [0, 0.05) is 7.05 Å². The summed E-state index contributed by atoms with van der Waals surface area (Å²) in [6, 6.07) is 15.3. The molecule has 2 aromatic carbocycles. The number of hydrogen-bond donors (Lipinski definition) is 0. The Morgan fingerprint density at radius 3 is 2.46 bits per heavy atom. The summed E-state index contributed by atoms with van der Waals surface area (Å²) in [5, 5.41) is 0. The van der Waals surface area contributed by atoms with E-state index in [4.69, 9.17) is 14.2 Å². The first-order valence-electron chi connectivity index (χ1n) is 8.73. The third-order valence-corrected chi connectivity index (χ3v) is 4.07. The van der Waals surface area contributed by atoms with Gasteiger partial charge in [0.25, 0.3) is 5.91 Å². The molecule has 2 aromatic rings. The minimum Gasteiger partial charge on any atom is -0.493 e. The van der Waals surface area contributed by atoms with Crippen LogP contribution >= 0.6 is 0 Å². The van der Waals surface area contributed by atoms with Crippen molar-refractivity contribution < 1.29 is 19.0 Å². The number of para-hydroxylation sites is 2. The van der Waals surface area contributed by atoms with Crippen molar-refractivity contribution in [1.29, 1.82) is 0 Å². The molecule has 0 aliphatic heterocycles. The van der Waals surface area contributed by atoms with Gasteiger partial charge in [0.05, 0.1) is 13.7 Å². The van der Waals surface area contributed by atoms with Crippen LogP contribution in [-0.2, 0) is 4.79 Å². The van der Waals surface area contributed by atoms with E-state index in [-0.39, 0.29) is 12.5 Å². The molecule has 5 heteroatoms. The van der Waals surface area contributed by atoms with E-state index < -0.39 is 0 Å². The van der Waals surface area contributed by atoms with E-state index in [0.29, 0.717) is 36.3 Å². The molecule has 26 heavy (non-hydrogen) atoms. The molecule has 0 heterocycles. The van der Waals surface area contributed by atoms with E-state index in [0.717, 1.165) is 0 Å². The summed E-state index contributed by atoms with van der Waals surface area (Å²) in [6.45, 7) is 5.10. The van der Waals surface area contributed by atoms with Crippen LogP contribution < -0.4 is 14.2 Å². The summed E-state index contributed by atoms with van der Waals surface area (Å²) in [5.74, 6) is 2.38. The van der Waals surface area contributed by atoms with Crippen molar-refractivity contribution in [3.05, 3.63) is 54.1 Å². The third kappa shape index (κ3) is 5.69. The van der Waals surface area contributed by atoms with Crippen LogP contribution in [-0.4, -0.2) is 44.7 Å². The molecule has 0 spiro atoms. The Labute approximate surface area is 155 Å². The van der Waals surface area contributed by atoms with E-state index in [1.54, 1.807) is 19.1 Å². The van der Waals surface area contributed by atoms with Crippen molar-refractivity contribution in [3.63, 3.8) is 0 Å². The van der Waals surface area contributed by atoms with Crippen LogP contribution in [0.3, 0.4) is 0 Å². The van der Waals surface area contributed by atoms with Crippen molar-refractivity contribution in [3.8, 4) is 17.2 Å². The predicted octanol–water partition coefficient (Wildman–Crippen LogP) is 3.73. The topological polar surface area (TPSA) is 48.0 Å². The molecule has 0 aromatic heterocycles. The van der Waals surface area contributed by atoms with Crippen molar-refractivity contribution in [2.45, 2.75) is 19.8 Å². The minimum absolute atomic E-state index is 0.00665. The first-order valence-corrected chi connectivity index (χ1v) is 8.73. The molecule has 0 atom stereocenters. The largest absolute Gasteiger partial charge is 0.493 e. The molecule has 0 saturated heterocycles. The van der Waals surface area contributed by atoms with Gasteiger partial charge in [-0.2, -0.15) is 0 Å². The lowest BCUT2D eigenvalue weighted by atomic mass is 10.0. The maximum absolute atomic E-state index is 12.2. The summed E-state index contributed by atoms with van der Waals surface area (Å²) >= 11 is 0. The fourth-order valence-electron chi connectivity index (χ4n) is 2.37. The molecular weight excluding hydrogens is 330 g/mol. The van der Waals surface area contributed by atoms with Crippen LogP contribution in [0.1, 0.15) is 25.3 Å². The van der Waals surface area contributed by atoms with E-state index >= 15 is 0 Å². The summed E-state index contributed by atoms with van der Waals surface area (Å²) < 4.78 is 16.6. The zero-order valence-corrected chi connectivity index (χ0v) is 15.9. The van der Waals surface area contributed by atoms with Crippen LogP contribution in [0.15, 0.2) is 48.5 Å². The Morgan fingerprint density at radius 1 is 1.04 bits per heavy atom. The minimum atomic E-state index is -0.0939. The molecule has 2 rings (SSSR count). The quantitative estimate of drug-likeness (QED) is 0.686. The fraction of sp³-hybridized carbons (Fsp3) is 0.381. The van der Waals surface area contributed by atoms with Gasteiger partial charge in [-0.3, -0.25) is 4.79 Å². The average molecular weight is 357 g/mol. The van der Waals surface area contributed by atoms with Gasteiger partial charge >= 0.3 is 0 Å². The maximum atomic E-state index is 12.2. The first kappa shape index (κ1) is 19.6. The molecule has 140 valence electrons. The highest BCUT2D eigenvalue weighted by Crippen LogP contribution is 2.25. The van der Waals surface area contributed by atoms with Gasteiger partial charge < -0.3 is 19.1 Å². The highest BCUT2D eigenvalue weighted by Gasteiger charge is 2.11. The standard InChI is InChI=1S/C21H27NO4/c1-16(2)17-8-7-9-18(14-17)26-15-21(23)22(3)12-13-25-20-11-6-5-10-19(20)24-4/h5-11,14,16H,12-13,15H2,1-4H3. The van der Waals surface area contributed by atoms with Crippen LogP contribution in [0.4, 0.5) is 0 Å². The number of amides is 1. The number of carbonyl (C=O) groups excluding carboxylic acids is 1. The second-order valence-corrected chi connectivity index (χ2v) is 6.33. The smallest absolute Gasteiger partial charge is 0.260 e. The summed E-state index contributed by atoms with van der Waals surface area (Å²) in [5.41, 5.74) is 1.19. The average Bonchev–Trinajstić information content (AvgIpc) is 2.66. The second-order valence-electron chi connectivity index (χ2n) is 6.33. The Hall–Kier alpha value is -2.69. The van der Waals surface area contributed by atoms with Gasteiger partial charge in [-0.15, -0.1) is 0 Å². The van der Waals surface area contributed by atoms with E-state index in [9.17, 15) is 4.79 Å². The summed E-state index contributed by atoms with van der Waals surface area (Å²) in [4.78, 5) is 13.8. The lowest BCUT2D eigenvalue weighted by molar-refractivity contribution is -0.132. The molecule has 1 amide bonds. The molecular formula is C21H27NO4. The van der Waals surface area contributed by atoms with Crippen LogP contribution in [0.5, 0.6) is 17.2 Å². The number of methoxy groups -OCH3 is 1. The van der Waals surface area contributed by atoms with Crippen LogP contribution in [0.2, 0.25) is 0 Å². The SMILES string of the molecule is COc1ccccc1OCCN(C)C(=O)COc1cccc(C(C)C)c1. The van der Waals surface area contributed by atoms with E-state index in [2.05, 4.69) is 19.9 Å². The normalized spacial score (nSPS) is 10.5. The molecule has 0 bridgehead atoms. The first-order chi connectivity index (χ1) is 12.5. The molecule has 5 nitrogen and oxygen atoms in total. The van der Waals surface area contributed by atoms with Crippen LogP contribution in [0, 0.1) is 0 Å². The number of likely N-dealkylation sites (N-methyl/N-ethyl adjacent to an activating group) is 1. The van der Waals surface area contributed by atoms with Gasteiger partial charge in [-0.1, -0.05) is 38.1 Å². The lowest BCUT2D eigenvalue weighted by Crippen LogP contribution is -2.34. The maximum Gasteiger partial charge on any atom is 0.260 e. The fourth-order valence-corrected chi connectivity index (χ4v) is 2.37. The zero-order chi connectivity index (χ0) is 18.9. The Balaban J connectivity index is 1.78. The van der Waals surface area contributed by atoms with E-state index in [1.807, 2.05) is 42.5 Å². The molecule has 0 saturated carbocycles. The number of hydrogen-bond acceptors (Lipinski definition) is 4. The van der Waals surface area contributed by atoms with Crippen molar-refractivity contribution in [2.24, 2.45) is 0 Å². The monoisotopic (exact) mass is 357 g/mol. The number of nitrogens with zero attached hydrogens (tertiary/aromatic N) is 1. The summed E-state index contributed by atoms with van der Waals surface area (Å²) in [6.07, 6.45) is 0. The number of rotatable bonds is 9. The Kier molecular flexibility index (Phi) is 7.33. The van der Waals surface area contributed by atoms with Gasteiger partial charge in [-0.25, -0.2) is 0 Å². The molecule has 0 fully saturated rings. The molecule has 0 aliphatic carbocycles. The van der Waals surface area contributed by atoms with Gasteiger partial charge in [-0.05, 0) is 35.7 Å². The Bertz CT molecular complexity index is 715. The molecule has 0 radical (unpaired) electrons. The third-order valence-electron chi connectivity index (χ3n) is 4.07. The second kappa shape index (κ2) is 9.70. The Morgan fingerprint density at radius 2 is 1.77 bits per heavy atom. The highest BCUT2D eigenvalue weighted by atomic mass is 16.5. The van der Waals surface area contributed by atoms with Crippen LogP contribution in [0.25, 0.3) is 0 Å². The van der Waals surface area contributed by atoms with Crippen molar-refractivity contribution in [2.75, 3.05) is 33.9 Å². The predicted molar refractivity (Wildman–Crippen MR) is 102 cm³/mol. The molecule has 0 N–H and O–H groups in total. The van der Waals surface area contributed by atoms with E-state index in [1.165, 1.54) is 5.56 Å². The molecule has 0 aliphatic rings. The lowest BCUT2D eigenvalue weighted by Gasteiger charge is -2.18. The zero-order valence-electron chi connectivity index (χ0n) is 15.9. The number of ether oxygens (including phenoxy) is 3. The van der Waals surface area contributed by atoms with Crippen molar-refractivity contribution in [1.82, 2.24) is 4.90 Å². The van der Waals surface area contributed by atoms with Gasteiger partial charge in [0.2, 0.25) is 0 Å². The van der Waals surface area contributed by atoms with Crippen molar-refractivity contribution >= 4 is 5.91 Å². The van der Waals surface area contributed by atoms with Gasteiger partial charge in [0.15, 0.2) is 18.1 Å². The summed E-state index contributed by atoms with van der Waals surface area (Å²) in [7, 11) is 3.34. The highest BCUT2D eigenvalue weighted by molar-refractivity contribution is 5.77. The molecule has 0 unspecified atom stereocenters.